The summed E-state index contributed by atoms with van der Waals surface area (Å²) in [6, 6.07) is 15.5. The zero-order chi connectivity index (χ0) is 29.4. The number of nitrogens with one attached hydrogen (secondary N) is 2. The molecule has 0 radical (unpaired) electrons. The fourth-order valence-corrected chi connectivity index (χ4v) is 6.13. The predicted octanol–water partition coefficient (Wildman–Crippen LogP) is 6.88. The van der Waals surface area contributed by atoms with Crippen LogP contribution in [0.5, 0.6) is 0 Å². The van der Waals surface area contributed by atoms with E-state index in [2.05, 4.69) is 15.6 Å². The van der Waals surface area contributed by atoms with Gasteiger partial charge in [-0.1, -0.05) is 60.7 Å². The van der Waals surface area contributed by atoms with Gasteiger partial charge in [-0.2, -0.15) is 0 Å². The van der Waals surface area contributed by atoms with Gasteiger partial charge in [0.15, 0.2) is 9.84 Å². The number of pyridine rings is 1. The Morgan fingerprint density at radius 3 is 2.41 bits per heavy atom. The predicted molar refractivity (Wildman–Crippen MR) is 163 cm³/mol. The monoisotopic (exact) mass is 615 g/mol. The maximum absolute atomic E-state index is 12.9. The quantitative estimate of drug-likeness (QED) is 0.242. The Kier molecular flexibility index (Phi) is 10.8. The molecule has 0 bridgehead atoms. The highest BCUT2D eigenvalue weighted by molar-refractivity contribution is 7.90. The van der Waals surface area contributed by atoms with E-state index in [1.807, 2.05) is 24.3 Å². The molecule has 1 fully saturated rings. The zero-order valence-electron chi connectivity index (χ0n) is 23.0. The summed E-state index contributed by atoms with van der Waals surface area (Å²) in [6.07, 6.45) is 9.60. The number of nitrogens with zero attached hydrogens (tertiary/aromatic N) is 1. The number of anilines is 1. The number of sulfone groups is 1. The first kappa shape index (κ1) is 31.0. The van der Waals surface area contributed by atoms with Crippen molar-refractivity contribution < 1.29 is 18.0 Å². The third-order valence-electron chi connectivity index (χ3n) is 7.58. The lowest BCUT2D eigenvalue weighted by Gasteiger charge is -2.17. The van der Waals surface area contributed by atoms with Gasteiger partial charge >= 0.3 is 0 Å². The second-order valence-electron chi connectivity index (χ2n) is 10.8. The third-order valence-corrected chi connectivity index (χ3v) is 9.15. The van der Waals surface area contributed by atoms with Crippen LogP contribution in [0.4, 0.5) is 5.69 Å². The van der Waals surface area contributed by atoms with Crippen LogP contribution >= 0.6 is 23.2 Å². The molecule has 2 N–H and O–H groups in total. The fourth-order valence-electron chi connectivity index (χ4n) is 5.23. The van der Waals surface area contributed by atoms with E-state index in [-0.39, 0.29) is 16.7 Å². The first-order valence-electron chi connectivity index (χ1n) is 13.8. The Balaban J connectivity index is 1.33. The van der Waals surface area contributed by atoms with Crippen LogP contribution in [0, 0.1) is 11.8 Å². The van der Waals surface area contributed by atoms with Gasteiger partial charge in [0, 0.05) is 41.0 Å². The van der Waals surface area contributed by atoms with Gasteiger partial charge in [0.1, 0.15) is 0 Å². The van der Waals surface area contributed by atoms with E-state index in [1.54, 1.807) is 24.3 Å². The molecule has 3 aromatic rings. The van der Waals surface area contributed by atoms with E-state index in [9.17, 15) is 18.0 Å². The summed E-state index contributed by atoms with van der Waals surface area (Å²) in [7, 11) is -3.50. The SMILES string of the molecule is CS(=O)(=O)c1cnc(CCC2CCCC(CC(=O)NCc3ccc(Cl)cc3)CC2)c(NC(=O)c2cccc(Cl)c2)c1. The lowest BCUT2D eigenvalue weighted by molar-refractivity contribution is -0.122. The van der Waals surface area contributed by atoms with Crippen LogP contribution in [-0.4, -0.2) is 31.5 Å². The number of carbonyl (C=O) groups excluding carboxylic acids is 2. The molecule has 218 valence electrons. The Bertz CT molecular complexity index is 1480. The summed E-state index contributed by atoms with van der Waals surface area (Å²) >= 11 is 12.0. The van der Waals surface area contributed by atoms with Crippen molar-refractivity contribution in [3.05, 3.63) is 87.7 Å². The standard InChI is InChI=1S/C31H35Cl2N3O4S/c1-41(39,40)27-18-29(36-31(38)24-6-3-7-26(33)17-24)28(34-20-27)15-12-21-4-2-5-22(9-8-21)16-30(37)35-19-23-10-13-25(32)14-11-23/h3,6-7,10-11,13-14,17-18,20-22H,2,4-5,8-9,12,15-16,19H2,1H3,(H,35,37)(H,36,38). The lowest BCUT2D eigenvalue weighted by Crippen LogP contribution is -2.25. The lowest BCUT2D eigenvalue weighted by atomic mass is 9.92. The van der Waals surface area contributed by atoms with Crippen LogP contribution in [0.15, 0.2) is 65.7 Å². The van der Waals surface area contributed by atoms with Gasteiger partial charge in [0.25, 0.3) is 5.91 Å². The van der Waals surface area contributed by atoms with Gasteiger partial charge in [0.05, 0.1) is 16.3 Å². The Labute approximate surface area is 252 Å². The van der Waals surface area contributed by atoms with Crippen LogP contribution in [0.25, 0.3) is 0 Å². The summed E-state index contributed by atoms with van der Waals surface area (Å²) in [5.41, 5.74) is 2.43. The number of aromatic nitrogens is 1. The average Bonchev–Trinajstić information content (AvgIpc) is 3.16. The van der Waals surface area contributed by atoms with Crippen molar-refractivity contribution in [2.24, 2.45) is 11.8 Å². The first-order valence-corrected chi connectivity index (χ1v) is 16.5. The molecule has 1 aliphatic carbocycles. The van der Waals surface area contributed by atoms with Gasteiger partial charge in [-0.25, -0.2) is 8.42 Å². The van der Waals surface area contributed by atoms with Crippen LogP contribution < -0.4 is 10.6 Å². The highest BCUT2D eigenvalue weighted by Gasteiger charge is 2.22. The molecule has 0 aliphatic heterocycles. The summed E-state index contributed by atoms with van der Waals surface area (Å²) in [5.74, 6) is 0.501. The summed E-state index contributed by atoms with van der Waals surface area (Å²) in [6.45, 7) is 0.493. The van der Waals surface area contributed by atoms with Gasteiger partial charge in [-0.15, -0.1) is 0 Å². The van der Waals surface area contributed by atoms with Crippen molar-refractivity contribution in [1.82, 2.24) is 10.3 Å². The van der Waals surface area contributed by atoms with Gasteiger partial charge in [-0.05, 0) is 79.5 Å². The molecular weight excluding hydrogens is 581 g/mol. The first-order chi connectivity index (χ1) is 19.6. The number of hydrogen-bond acceptors (Lipinski definition) is 5. The summed E-state index contributed by atoms with van der Waals surface area (Å²) in [4.78, 5) is 30.0. The number of aryl methyl sites for hydroxylation is 1. The molecule has 0 spiro atoms. The zero-order valence-corrected chi connectivity index (χ0v) is 25.4. The van der Waals surface area contributed by atoms with Crippen molar-refractivity contribution >= 4 is 50.5 Å². The van der Waals surface area contributed by atoms with Crippen molar-refractivity contribution in [1.29, 1.82) is 0 Å². The van der Waals surface area contributed by atoms with Gasteiger partial charge < -0.3 is 10.6 Å². The van der Waals surface area contributed by atoms with Crippen molar-refractivity contribution in [3.63, 3.8) is 0 Å². The summed E-state index contributed by atoms with van der Waals surface area (Å²) in [5, 5.41) is 6.98. The minimum atomic E-state index is -3.50. The highest BCUT2D eigenvalue weighted by Crippen LogP contribution is 2.32. The van der Waals surface area contributed by atoms with Crippen molar-refractivity contribution in [2.75, 3.05) is 11.6 Å². The smallest absolute Gasteiger partial charge is 0.255 e. The maximum atomic E-state index is 12.9. The molecule has 2 amide bonds. The number of rotatable bonds is 10. The maximum Gasteiger partial charge on any atom is 0.255 e. The van der Waals surface area contributed by atoms with E-state index in [1.165, 1.54) is 12.3 Å². The topological polar surface area (TPSA) is 105 Å². The van der Waals surface area contributed by atoms with Gasteiger partial charge in [0.2, 0.25) is 5.91 Å². The number of halogens is 2. The molecule has 4 rings (SSSR count). The second-order valence-corrected chi connectivity index (χ2v) is 13.7. The fraction of sp³-hybridized carbons (Fsp3) is 0.387. The largest absolute Gasteiger partial charge is 0.352 e. The van der Waals surface area contributed by atoms with Crippen molar-refractivity contribution in [3.8, 4) is 0 Å². The van der Waals surface area contributed by atoms with Crippen LogP contribution in [0.3, 0.4) is 0 Å². The van der Waals surface area contributed by atoms with E-state index in [4.69, 9.17) is 23.2 Å². The van der Waals surface area contributed by atoms with E-state index < -0.39 is 9.84 Å². The average molecular weight is 617 g/mol. The molecule has 10 heteroatoms. The number of carbonyl (C=O) groups is 2. The molecule has 7 nitrogen and oxygen atoms in total. The van der Waals surface area contributed by atoms with E-state index in [0.717, 1.165) is 50.3 Å². The molecule has 2 atom stereocenters. The normalized spacial score (nSPS) is 17.4. The van der Waals surface area contributed by atoms with Gasteiger partial charge in [-0.3, -0.25) is 14.6 Å². The Hall–Kier alpha value is -2.94. The van der Waals surface area contributed by atoms with Crippen LogP contribution in [-0.2, 0) is 27.6 Å². The van der Waals surface area contributed by atoms with Crippen LogP contribution in [0.2, 0.25) is 10.0 Å². The Morgan fingerprint density at radius 1 is 0.951 bits per heavy atom. The molecule has 2 aromatic carbocycles. The number of amides is 2. The molecular formula is C31H35Cl2N3O4S. The Morgan fingerprint density at radius 2 is 1.68 bits per heavy atom. The van der Waals surface area contributed by atoms with Crippen molar-refractivity contribution in [2.45, 2.75) is 62.8 Å². The molecule has 2 unspecified atom stereocenters. The van der Waals surface area contributed by atoms with E-state index in [0.29, 0.717) is 58.2 Å². The molecule has 1 aromatic heterocycles. The minimum Gasteiger partial charge on any atom is -0.352 e. The molecule has 0 saturated heterocycles. The number of hydrogen-bond donors (Lipinski definition) is 2. The van der Waals surface area contributed by atoms with Crippen LogP contribution in [0.1, 0.15) is 66.6 Å². The molecule has 1 heterocycles. The second kappa shape index (κ2) is 14.3. The highest BCUT2D eigenvalue weighted by atomic mass is 35.5. The molecule has 41 heavy (non-hydrogen) atoms. The third kappa shape index (κ3) is 9.55. The number of benzene rings is 2. The molecule has 1 aliphatic rings. The van der Waals surface area contributed by atoms with E-state index >= 15 is 0 Å². The summed E-state index contributed by atoms with van der Waals surface area (Å²) < 4.78 is 24.3. The minimum absolute atomic E-state index is 0.0503. The molecule has 1 saturated carbocycles.